The molecule has 1 aliphatic rings. The molecule has 1 saturated carbocycles. The van der Waals surface area contributed by atoms with Crippen LogP contribution in [0, 0.1) is 12.3 Å². The first-order valence-electron chi connectivity index (χ1n) is 6.04. The SMILES string of the molecule is CCC1(C)C(Cl)CC1Oc1ccc(Br)cc1C. The lowest BCUT2D eigenvalue weighted by Gasteiger charge is -2.50. The molecule has 1 aromatic carbocycles. The topological polar surface area (TPSA) is 9.23 Å². The lowest BCUT2D eigenvalue weighted by Crippen LogP contribution is -2.55. The van der Waals surface area contributed by atoms with Crippen molar-refractivity contribution < 1.29 is 4.74 Å². The van der Waals surface area contributed by atoms with Crippen molar-refractivity contribution in [2.75, 3.05) is 0 Å². The number of aryl methyl sites for hydroxylation is 1. The van der Waals surface area contributed by atoms with Gasteiger partial charge in [-0.15, -0.1) is 11.6 Å². The third-order valence-electron chi connectivity index (χ3n) is 4.04. The fourth-order valence-electron chi connectivity index (χ4n) is 2.30. The van der Waals surface area contributed by atoms with Crippen LogP contribution in [0.15, 0.2) is 22.7 Å². The fraction of sp³-hybridized carbons (Fsp3) is 0.571. The summed E-state index contributed by atoms with van der Waals surface area (Å²) in [4.78, 5) is 0. The first-order chi connectivity index (χ1) is 7.97. The Hall–Kier alpha value is -0.210. The maximum Gasteiger partial charge on any atom is 0.122 e. The number of hydrogen-bond donors (Lipinski definition) is 0. The van der Waals surface area contributed by atoms with Crippen LogP contribution in [0.2, 0.25) is 0 Å². The summed E-state index contributed by atoms with van der Waals surface area (Å²) in [5, 5.41) is 0.244. The van der Waals surface area contributed by atoms with Crippen LogP contribution in [0.3, 0.4) is 0 Å². The second kappa shape index (κ2) is 4.81. The molecule has 3 heteroatoms. The van der Waals surface area contributed by atoms with E-state index in [0.29, 0.717) is 0 Å². The average molecular weight is 318 g/mol. The van der Waals surface area contributed by atoms with Crippen molar-refractivity contribution in [3.05, 3.63) is 28.2 Å². The molecule has 0 radical (unpaired) electrons. The van der Waals surface area contributed by atoms with Crippen molar-refractivity contribution in [3.63, 3.8) is 0 Å². The molecular weight excluding hydrogens is 300 g/mol. The molecule has 1 aliphatic carbocycles. The standard InChI is InChI=1S/C14H18BrClO/c1-4-14(3)12(16)8-13(14)17-11-6-5-10(15)7-9(11)2/h5-7,12-13H,4,8H2,1-3H3. The normalized spacial score (nSPS) is 32.1. The fourth-order valence-corrected chi connectivity index (χ4v) is 3.23. The molecule has 3 unspecified atom stereocenters. The van der Waals surface area contributed by atoms with E-state index in [9.17, 15) is 0 Å². The molecule has 94 valence electrons. The minimum absolute atomic E-state index is 0.112. The predicted molar refractivity (Wildman–Crippen MR) is 76.0 cm³/mol. The minimum atomic E-state index is 0.112. The van der Waals surface area contributed by atoms with E-state index in [1.165, 1.54) is 0 Å². The minimum Gasteiger partial charge on any atom is -0.489 e. The predicted octanol–water partition coefficient (Wildman–Crippen LogP) is 4.93. The number of halogens is 2. The van der Waals surface area contributed by atoms with Gasteiger partial charge in [0.2, 0.25) is 0 Å². The summed E-state index contributed by atoms with van der Waals surface area (Å²) in [5.41, 5.74) is 1.27. The number of rotatable bonds is 3. The first kappa shape index (κ1) is 13.2. The summed E-state index contributed by atoms with van der Waals surface area (Å²) in [7, 11) is 0. The summed E-state index contributed by atoms with van der Waals surface area (Å²) >= 11 is 9.76. The van der Waals surface area contributed by atoms with Gasteiger partial charge in [-0.3, -0.25) is 0 Å². The van der Waals surface area contributed by atoms with Gasteiger partial charge in [-0.25, -0.2) is 0 Å². The zero-order valence-corrected chi connectivity index (χ0v) is 12.8. The molecule has 0 aromatic heterocycles. The molecule has 0 spiro atoms. The van der Waals surface area contributed by atoms with Gasteiger partial charge in [-0.2, -0.15) is 0 Å². The largest absolute Gasteiger partial charge is 0.489 e. The van der Waals surface area contributed by atoms with Crippen LogP contribution in [0.4, 0.5) is 0 Å². The third-order valence-corrected chi connectivity index (χ3v) is 5.21. The van der Waals surface area contributed by atoms with Gasteiger partial charge in [0.05, 0.1) is 0 Å². The molecule has 0 bridgehead atoms. The van der Waals surface area contributed by atoms with Crippen LogP contribution in [0.1, 0.15) is 32.3 Å². The molecule has 3 atom stereocenters. The number of benzene rings is 1. The van der Waals surface area contributed by atoms with E-state index in [4.69, 9.17) is 16.3 Å². The van der Waals surface area contributed by atoms with Gasteiger partial charge in [-0.05, 0) is 37.1 Å². The Morgan fingerprint density at radius 2 is 2.24 bits per heavy atom. The molecule has 0 aliphatic heterocycles. The van der Waals surface area contributed by atoms with Crippen LogP contribution in [-0.2, 0) is 0 Å². The van der Waals surface area contributed by atoms with E-state index in [-0.39, 0.29) is 16.9 Å². The van der Waals surface area contributed by atoms with Crippen LogP contribution in [0.25, 0.3) is 0 Å². The van der Waals surface area contributed by atoms with Crippen molar-refractivity contribution in [2.45, 2.75) is 45.1 Å². The second-order valence-electron chi connectivity index (χ2n) is 5.08. The van der Waals surface area contributed by atoms with Gasteiger partial charge in [0.25, 0.3) is 0 Å². The zero-order valence-electron chi connectivity index (χ0n) is 10.5. The van der Waals surface area contributed by atoms with Gasteiger partial charge in [-0.1, -0.05) is 29.8 Å². The molecule has 17 heavy (non-hydrogen) atoms. The zero-order chi connectivity index (χ0) is 12.6. The lowest BCUT2D eigenvalue weighted by atomic mass is 9.65. The molecule has 1 aromatic rings. The molecular formula is C14H18BrClO. The Morgan fingerprint density at radius 3 is 2.76 bits per heavy atom. The quantitative estimate of drug-likeness (QED) is 0.718. The average Bonchev–Trinajstić information content (AvgIpc) is 2.30. The van der Waals surface area contributed by atoms with Crippen LogP contribution in [-0.4, -0.2) is 11.5 Å². The highest BCUT2D eigenvalue weighted by molar-refractivity contribution is 9.10. The molecule has 0 heterocycles. The van der Waals surface area contributed by atoms with Gasteiger partial charge >= 0.3 is 0 Å². The van der Waals surface area contributed by atoms with Crippen LogP contribution < -0.4 is 4.74 Å². The molecule has 1 nitrogen and oxygen atoms in total. The number of alkyl halides is 1. The van der Waals surface area contributed by atoms with Crippen LogP contribution in [0.5, 0.6) is 5.75 Å². The third kappa shape index (κ3) is 2.34. The van der Waals surface area contributed by atoms with Gasteiger partial charge < -0.3 is 4.74 Å². The second-order valence-corrected chi connectivity index (χ2v) is 6.52. The summed E-state index contributed by atoms with van der Waals surface area (Å²) in [5.74, 6) is 0.974. The summed E-state index contributed by atoms with van der Waals surface area (Å²) in [6, 6.07) is 6.12. The molecule has 2 rings (SSSR count). The molecule has 0 N–H and O–H groups in total. The summed E-state index contributed by atoms with van der Waals surface area (Å²) < 4.78 is 7.20. The lowest BCUT2D eigenvalue weighted by molar-refractivity contribution is -0.0298. The van der Waals surface area contributed by atoms with E-state index in [0.717, 1.165) is 28.6 Å². The highest BCUT2D eigenvalue weighted by atomic mass is 79.9. The van der Waals surface area contributed by atoms with Gasteiger partial charge in [0.15, 0.2) is 0 Å². The Balaban J connectivity index is 2.12. The molecule has 0 amide bonds. The number of ether oxygens (including phenoxy) is 1. The highest BCUT2D eigenvalue weighted by Crippen LogP contribution is 2.49. The maximum absolute atomic E-state index is 6.29. The monoisotopic (exact) mass is 316 g/mol. The van der Waals surface area contributed by atoms with E-state index in [1.54, 1.807) is 0 Å². The van der Waals surface area contributed by atoms with Gasteiger partial charge in [0, 0.05) is 21.7 Å². The number of hydrogen-bond acceptors (Lipinski definition) is 1. The maximum atomic E-state index is 6.29. The summed E-state index contributed by atoms with van der Waals surface area (Å²) in [6.07, 6.45) is 2.25. The Morgan fingerprint density at radius 1 is 1.53 bits per heavy atom. The Bertz CT molecular complexity index is 421. The first-order valence-corrected chi connectivity index (χ1v) is 7.27. The van der Waals surface area contributed by atoms with E-state index >= 15 is 0 Å². The van der Waals surface area contributed by atoms with Crippen molar-refractivity contribution in [3.8, 4) is 5.75 Å². The summed E-state index contributed by atoms with van der Waals surface area (Å²) in [6.45, 7) is 6.46. The van der Waals surface area contributed by atoms with Crippen molar-refractivity contribution in [1.29, 1.82) is 0 Å². The van der Waals surface area contributed by atoms with E-state index in [1.807, 2.05) is 12.1 Å². The van der Waals surface area contributed by atoms with E-state index < -0.39 is 0 Å². The Kier molecular flexibility index (Phi) is 3.74. The smallest absolute Gasteiger partial charge is 0.122 e. The Labute approximate surface area is 117 Å². The molecule has 0 saturated heterocycles. The van der Waals surface area contributed by atoms with Crippen LogP contribution >= 0.6 is 27.5 Å². The van der Waals surface area contributed by atoms with Crippen molar-refractivity contribution >= 4 is 27.5 Å². The highest BCUT2D eigenvalue weighted by Gasteiger charge is 2.51. The van der Waals surface area contributed by atoms with Crippen molar-refractivity contribution in [2.24, 2.45) is 5.41 Å². The van der Waals surface area contributed by atoms with E-state index in [2.05, 4.69) is 42.8 Å². The molecule has 1 fully saturated rings. The van der Waals surface area contributed by atoms with Gasteiger partial charge in [0.1, 0.15) is 11.9 Å². The van der Waals surface area contributed by atoms with Crippen molar-refractivity contribution in [1.82, 2.24) is 0 Å².